The van der Waals surface area contributed by atoms with Crippen LogP contribution in [-0.2, 0) is 22.2 Å². The number of hydrogen-bond acceptors (Lipinski definition) is 7. The van der Waals surface area contributed by atoms with Gasteiger partial charge in [-0.1, -0.05) is 15.6 Å². The van der Waals surface area contributed by atoms with Crippen molar-refractivity contribution in [3.05, 3.63) is 35.7 Å². The second-order valence-corrected chi connectivity index (χ2v) is 10.5. The first kappa shape index (κ1) is 21.1. The molecule has 3 aromatic heterocycles. The zero-order valence-corrected chi connectivity index (χ0v) is 18.8. The van der Waals surface area contributed by atoms with E-state index in [1.54, 1.807) is 14.0 Å². The van der Waals surface area contributed by atoms with Gasteiger partial charge in [0.2, 0.25) is 0 Å². The van der Waals surface area contributed by atoms with Crippen LogP contribution in [0.4, 0.5) is 0 Å². The Balaban J connectivity index is 2.20. The second-order valence-electron chi connectivity index (χ2n) is 10.5. The average Bonchev–Trinajstić information content (AvgIpc) is 3.30. The van der Waals surface area contributed by atoms with Gasteiger partial charge in [0.25, 0.3) is 0 Å². The molecule has 0 aliphatic heterocycles. The molecule has 0 amide bonds. The largest absolute Gasteiger partial charge is 0.310 e. The van der Waals surface area contributed by atoms with Gasteiger partial charge in [-0.2, -0.15) is 0 Å². The lowest BCUT2D eigenvalue weighted by Crippen LogP contribution is -2.41. The van der Waals surface area contributed by atoms with E-state index in [1.165, 1.54) is 0 Å². The van der Waals surface area contributed by atoms with E-state index in [2.05, 4.69) is 93.2 Å². The molecule has 10 nitrogen and oxygen atoms in total. The van der Waals surface area contributed by atoms with Crippen molar-refractivity contribution < 1.29 is 0 Å². The predicted octanol–water partition coefficient (Wildman–Crippen LogP) is 1.98. The van der Waals surface area contributed by atoms with Crippen LogP contribution in [-0.4, -0.2) is 45.0 Å². The van der Waals surface area contributed by atoms with Crippen LogP contribution < -0.4 is 5.73 Å². The maximum atomic E-state index is 6.98. The van der Waals surface area contributed by atoms with Gasteiger partial charge < -0.3 is 5.73 Å². The average molecular weight is 401 g/mol. The zero-order valence-electron chi connectivity index (χ0n) is 18.8. The van der Waals surface area contributed by atoms with Crippen LogP contribution in [0.1, 0.15) is 79.4 Å². The van der Waals surface area contributed by atoms with Gasteiger partial charge in [-0.05, 0) is 62.3 Å². The van der Waals surface area contributed by atoms with Crippen molar-refractivity contribution >= 4 is 0 Å². The summed E-state index contributed by atoms with van der Waals surface area (Å²) in [5.41, 5.74) is 6.64. The lowest BCUT2D eigenvalue weighted by Gasteiger charge is -2.24. The minimum Gasteiger partial charge on any atom is -0.310 e. The fourth-order valence-electron chi connectivity index (χ4n) is 2.71. The van der Waals surface area contributed by atoms with E-state index in [4.69, 9.17) is 5.73 Å². The van der Waals surface area contributed by atoms with Gasteiger partial charge in [0, 0.05) is 0 Å². The molecule has 29 heavy (non-hydrogen) atoms. The van der Waals surface area contributed by atoms with Gasteiger partial charge in [0.1, 0.15) is 17.1 Å². The summed E-state index contributed by atoms with van der Waals surface area (Å²) in [6.45, 7) is 18.5. The molecule has 158 valence electrons. The molecular weight excluding hydrogens is 368 g/mol. The monoisotopic (exact) mass is 400 g/mol. The summed E-state index contributed by atoms with van der Waals surface area (Å²) in [6.07, 6.45) is 5.52. The second kappa shape index (κ2) is 6.45. The smallest absolute Gasteiger partial charge is 0.154 e. The van der Waals surface area contributed by atoms with E-state index in [1.807, 2.05) is 18.6 Å². The number of rotatable bonds is 3. The van der Waals surface area contributed by atoms with Crippen molar-refractivity contribution in [2.45, 2.75) is 84.5 Å². The normalized spacial score (nSPS) is 13.9. The molecule has 0 aromatic carbocycles. The van der Waals surface area contributed by atoms with E-state index in [0.717, 1.165) is 0 Å². The zero-order chi connectivity index (χ0) is 21.8. The molecule has 0 spiro atoms. The lowest BCUT2D eigenvalue weighted by atomic mass is 9.89. The SMILES string of the molecule is CC(C)(C)n1cc(C(N)(c2cn(C(C)(C)C)nn2)c2cn(C(C)(C)C)nn2)nn1. The summed E-state index contributed by atoms with van der Waals surface area (Å²) >= 11 is 0. The quantitative estimate of drug-likeness (QED) is 0.714. The summed E-state index contributed by atoms with van der Waals surface area (Å²) in [5, 5.41) is 26.0. The number of nitrogens with two attached hydrogens (primary N) is 1. The van der Waals surface area contributed by atoms with Crippen molar-refractivity contribution in [2.75, 3.05) is 0 Å². The highest BCUT2D eigenvalue weighted by molar-refractivity contribution is 5.37. The van der Waals surface area contributed by atoms with Gasteiger partial charge >= 0.3 is 0 Å². The molecule has 0 atom stereocenters. The summed E-state index contributed by atoms with van der Waals surface area (Å²) < 4.78 is 5.35. The molecule has 0 bridgehead atoms. The summed E-state index contributed by atoms with van der Waals surface area (Å²) in [5.74, 6) is 0. The molecule has 0 saturated carbocycles. The van der Waals surface area contributed by atoms with Crippen LogP contribution in [0.5, 0.6) is 0 Å². The van der Waals surface area contributed by atoms with Crippen molar-refractivity contribution in [1.29, 1.82) is 0 Å². The van der Waals surface area contributed by atoms with E-state index in [9.17, 15) is 0 Å². The van der Waals surface area contributed by atoms with Crippen molar-refractivity contribution in [3.63, 3.8) is 0 Å². The van der Waals surface area contributed by atoms with Crippen LogP contribution in [0.2, 0.25) is 0 Å². The minimum atomic E-state index is -1.24. The number of aromatic nitrogens is 9. The predicted molar refractivity (Wildman–Crippen MR) is 109 cm³/mol. The van der Waals surface area contributed by atoms with E-state index < -0.39 is 5.54 Å². The molecule has 3 heterocycles. The Kier molecular flexibility index (Phi) is 4.69. The summed E-state index contributed by atoms with van der Waals surface area (Å²) in [6, 6.07) is 0. The standard InChI is InChI=1S/C19H32N10/c1-16(2,3)27-10-13(21-24-27)19(20,14-11-28(25-22-14)17(4,5)6)15-12-29(26-23-15)18(7,8)9/h10-12H,20H2,1-9H3. The lowest BCUT2D eigenvalue weighted by molar-refractivity contribution is 0.346. The van der Waals surface area contributed by atoms with E-state index in [0.29, 0.717) is 17.1 Å². The molecule has 0 fully saturated rings. The molecular formula is C19H32N10. The first-order chi connectivity index (χ1) is 13.1. The highest BCUT2D eigenvalue weighted by atomic mass is 15.5. The third-order valence-corrected chi connectivity index (χ3v) is 4.75. The van der Waals surface area contributed by atoms with Gasteiger partial charge in [-0.25, -0.2) is 14.0 Å². The van der Waals surface area contributed by atoms with Crippen molar-refractivity contribution in [1.82, 2.24) is 45.0 Å². The molecule has 0 radical (unpaired) electrons. The first-order valence-corrected chi connectivity index (χ1v) is 9.72. The highest BCUT2D eigenvalue weighted by Gasteiger charge is 2.42. The minimum absolute atomic E-state index is 0.238. The Morgan fingerprint density at radius 2 is 0.793 bits per heavy atom. The topological polar surface area (TPSA) is 118 Å². The number of nitrogens with zero attached hydrogens (tertiary/aromatic N) is 9. The molecule has 0 aliphatic carbocycles. The number of hydrogen-bond donors (Lipinski definition) is 1. The Hall–Kier alpha value is -2.62. The van der Waals surface area contributed by atoms with Gasteiger partial charge in [-0.15, -0.1) is 15.3 Å². The van der Waals surface area contributed by atoms with Gasteiger partial charge in [0.15, 0.2) is 5.54 Å². The van der Waals surface area contributed by atoms with Crippen LogP contribution in [0.15, 0.2) is 18.6 Å². The first-order valence-electron chi connectivity index (χ1n) is 9.72. The highest BCUT2D eigenvalue weighted by Crippen LogP contribution is 2.32. The van der Waals surface area contributed by atoms with E-state index >= 15 is 0 Å². The van der Waals surface area contributed by atoms with Crippen LogP contribution in [0.25, 0.3) is 0 Å². The van der Waals surface area contributed by atoms with Gasteiger partial charge in [0.05, 0.1) is 35.2 Å². The molecule has 3 aromatic rings. The molecule has 10 heteroatoms. The fourth-order valence-corrected chi connectivity index (χ4v) is 2.71. The van der Waals surface area contributed by atoms with Gasteiger partial charge in [-0.3, -0.25) is 0 Å². The third kappa shape index (κ3) is 3.81. The maximum absolute atomic E-state index is 6.98. The molecule has 3 rings (SSSR count). The Morgan fingerprint density at radius 3 is 0.966 bits per heavy atom. The van der Waals surface area contributed by atoms with Crippen LogP contribution >= 0.6 is 0 Å². The summed E-state index contributed by atoms with van der Waals surface area (Å²) in [7, 11) is 0. The molecule has 0 unspecified atom stereocenters. The summed E-state index contributed by atoms with van der Waals surface area (Å²) in [4.78, 5) is 0. The molecule has 0 aliphatic rings. The maximum Gasteiger partial charge on any atom is 0.154 e. The third-order valence-electron chi connectivity index (χ3n) is 4.75. The molecule has 2 N–H and O–H groups in total. The Bertz CT molecular complexity index is 860. The molecule has 0 saturated heterocycles. The van der Waals surface area contributed by atoms with Crippen molar-refractivity contribution in [2.24, 2.45) is 5.73 Å². The Morgan fingerprint density at radius 1 is 0.552 bits per heavy atom. The van der Waals surface area contributed by atoms with Crippen LogP contribution in [0.3, 0.4) is 0 Å². The van der Waals surface area contributed by atoms with E-state index in [-0.39, 0.29) is 16.6 Å². The van der Waals surface area contributed by atoms with Crippen molar-refractivity contribution in [3.8, 4) is 0 Å². The Labute approximate surface area is 171 Å². The fraction of sp³-hybridized carbons (Fsp3) is 0.684. The van der Waals surface area contributed by atoms with Crippen LogP contribution in [0, 0.1) is 0 Å².